The highest BCUT2D eigenvalue weighted by atomic mass is 32.2. The Morgan fingerprint density at radius 1 is 1.13 bits per heavy atom. The van der Waals surface area contributed by atoms with Gasteiger partial charge in [0.25, 0.3) is 0 Å². The largest absolute Gasteiger partial charge is 0.357 e. The van der Waals surface area contributed by atoms with Crippen molar-refractivity contribution in [1.29, 1.82) is 0 Å². The maximum Gasteiger partial charge on any atom is 0.194 e. The van der Waals surface area contributed by atoms with E-state index < -0.39 is 10.8 Å². The number of aliphatic imine (C=N–C) groups is 1. The average Bonchev–Trinajstić information content (AvgIpc) is 3.23. The summed E-state index contributed by atoms with van der Waals surface area (Å²) in [4.78, 5) is 14.6. The van der Waals surface area contributed by atoms with E-state index in [2.05, 4.69) is 32.4 Å². The van der Waals surface area contributed by atoms with E-state index in [0.717, 1.165) is 35.1 Å². The topological polar surface area (TPSA) is 73.4 Å². The summed E-state index contributed by atoms with van der Waals surface area (Å²) in [6.07, 6.45) is 1.86. The minimum Gasteiger partial charge on any atom is -0.357 e. The third-order valence-electron chi connectivity index (χ3n) is 4.55. The van der Waals surface area contributed by atoms with Gasteiger partial charge in [0.1, 0.15) is 5.82 Å². The van der Waals surface area contributed by atoms with Crippen LogP contribution in [0.5, 0.6) is 0 Å². The number of aromatic amines is 1. The minimum atomic E-state index is -0.932. The Kier molecular flexibility index (Phi) is 8.20. The molecule has 1 unspecified atom stereocenters. The third-order valence-corrected chi connectivity index (χ3v) is 5.84. The van der Waals surface area contributed by atoms with Crippen molar-refractivity contribution in [2.24, 2.45) is 4.99 Å². The Bertz CT molecular complexity index is 956. The molecule has 0 fully saturated rings. The fourth-order valence-electron chi connectivity index (χ4n) is 3.06. The molecular weight excluding hydrogens is 394 g/mol. The molecule has 2 N–H and O–H groups in total. The van der Waals surface area contributed by atoms with E-state index in [4.69, 9.17) is 0 Å². The first-order valence-corrected chi connectivity index (χ1v) is 11.6. The number of rotatable bonds is 9. The highest BCUT2D eigenvalue weighted by Gasteiger charge is 2.10. The van der Waals surface area contributed by atoms with Crippen molar-refractivity contribution in [1.82, 2.24) is 20.2 Å². The van der Waals surface area contributed by atoms with E-state index in [1.165, 1.54) is 0 Å². The van der Waals surface area contributed by atoms with Crippen LogP contribution in [0.25, 0.3) is 11.3 Å². The van der Waals surface area contributed by atoms with Gasteiger partial charge in [-0.3, -0.25) is 9.20 Å². The molecule has 0 aliphatic rings. The van der Waals surface area contributed by atoms with E-state index in [1.807, 2.05) is 73.6 Å². The quantitative estimate of drug-likeness (QED) is 0.409. The number of nitrogens with one attached hydrogen (secondary N) is 2. The number of benzene rings is 2. The van der Waals surface area contributed by atoms with E-state index in [-0.39, 0.29) is 0 Å². The lowest BCUT2D eigenvalue weighted by Crippen LogP contribution is -2.39. The number of aromatic nitrogens is 2. The van der Waals surface area contributed by atoms with Gasteiger partial charge in [-0.2, -0.15) is 0 Å². The molecule has 1 atom stereocenters. The summed E-state index contributed by atoms with van der Waals surface area (Å²) in [7, 11) is 1.05. The van der Waals surface area contributed by atoms with Crippen molar-refractivity contribution in [3.8, 4) is 11.3 Å². The van der Waals surface area contributed by atoms with Crippen molar-refractivity contribution >= 4 is 16.8 Å². The number of H-pyrrole nitrogens is 1. The van der Waals surface area contributed by atoms with Gasteiger partial charge in [0.05, 0.1) is 25.0 Å². The van der Waals surface area contributed by atoms with E-state index in [1.54, 1.807) is 0 Å². The second-order valence-electron chi connectivity index (χ2n) is 6.98. The summed E-state index contributed by atoms with van der Waals surface area (Å²) >= 11 is 0. The van der Waals surface area contributed by atoms with Crippen molar-refractivity contribution in [2.45, 2.75) is 19.2 Å². The summed E-state index contributed by atoms with van der Waals surface area (Å²) < 4.78 is 12.3. The minimum absolute atomic E-state index is 0.513. The van der Waals surface area contributed by atoms with Crippen LogP contribution >= 0.6 is 0 Å². The third kappa shape index (κ3) is 6.56. The first kappa shape index (κ1) is 21.8. The number of hydrogen-bond acceptors (Lipinski definition) is 3. The smallest absolute Gasteiger partial charge is 0.194 e. The van der Waals surface area contributed by atoms with Gasteiger partial charge >= 0.3 is 0 Å². The molecular formula is C23H29N5OS. The molecule has 3 rings (SSSR count). The first-order chi connectivity index (χ1) is 14.7. The summed E-state index contributed by atoms with van der Waals surface area (Å²) in [5.41, 5.74) is 3.20. The highest BCUT2D eigenvalue weighted by Crippen LogP contribution is 2.16. The number of nitrogens with zero attached hydrogens (tertiary/aromatic N) is 3. The van der Waals surface area contributed by atoms with Crippen LogP contribution in [0.1, 0.15) is 18.3 Å². The standard InChI is InChI=1S/C23H29N5OS/c1-3-24-23(25-14-15-30(29)18-19-10-6-4-7-11-19)28(2)17-22-26-16-21(27-22)20-12-8-5-9-13-20/h4-13,16H,3,14-15,17-18H2,1-2H3,(H,24,25)(H,26,27). The molecule has 2 aromatic carbocycles. The molecule has 1 heterocycles. The van der Waals surface area contributed by atoms with Gasteiger partial charge < -0.3 is 15.2 Å². The van der Waals surface area contributed by atoms with E-state index >= 15 is 0 Å². The Morgan fingerprint density at radius 3 is 2.53 bits per heavy atom. The SMILES string of the molecule is CCNC(=NCCS(=O)Cc1ccccc1)N(C)Cc1ncc(-c2ccccc2)[nH]1. The zero-order chi connectivity index (χ0) is 21.2. The Hall–Kier alpha value is -2.93. The second kappa shape index (κ2) is 11.3. The molecule has 158 valence electrons. The van der Waals surface area contributed by atoms with Crippen molar-refractivity contribution in [3.05, 3.63) is 78.2 Å². The van der Waals surface area contributed by atoms with Gasteiger partial charge in [0.15, 0.2) is 5.96 Å². The maximum absolute atomic E-state index is 12.3. The van der Waals surface area contributed by atoms with Gasteiger partial charge in [-0.1, -0.05) is 60.7 Å². The normalized spacial score (nSPS) is 12.5. The lowest BCUT2D eigenvalue weighted by atomic mass is 10.2. The Morgan fingerprint density at radius 2 is 1.83 bits per heavy atom. The van der Waals surface area contributed by atoms with E-state index in [9.17, 15) is 4.21 Å². The second-order valence-corrected chi connectivity index (χ2v) is 8.55. The molecule has 7 heteroatoms. The summed E-state index contributed by atoms with van der Waals surface area (Å²) in [5, 5.41) is 3.30. The Balaban J connectivity index is 1.55. The molecule has 0 saturated heterocycles. The number of hydrogen-bond donors (Lipinski definition) is 2. The zero-order valence-electron chi connectivity index (χ0n) is 17.5. The molecule has 0 amide bonds. The molecule has 0 bridgehead atoms. The van der Waals surface area contributed by atoms with Crippen molar-refractivity contribution in [3.63, 3.8) is 0 Å². The maximum atomic E-state index is 12.3. The Labute approximate surface area is 180 Å². The number of guanidine groups is 1. The molecule has 0 aliphatic carbocycles. The molecule has 0 radical (unpaired) electrons. The predicted octanol–water partition coefficient (Wildman–Crippen LogP) is 3.42. The fourth-order valence-corrected chi connectivity index (χ4v) is 4.07. The van der Waals surface area contributed by atoms with Crippen LogP contribution in [-0.2, 0) is 23.1 Å². The fraction of sp³-hybridized carbons (Fsp3) is 0.304. The molecule has 6 nitrogen and oxygen atoms in total. The molecule has 1 aromatic heterocycles. The van der Waals surface area contributed by atoms with Crippen LogP contribution in [0.2, 0.25) is 0 Å². The van der Waals surface area contributed by atoms with Crippen molar-refractivity contribution < 1.29 is 4.21 Å². The predicted molar refractivity (Wildman–Crippen MR) is 125 cm³/mol. The molecule has 0 saturated carbocycles. The lowest BCUT2D eigenvalue weighted by Gasteiger charge is -2.21. The van der Waals surface area contributed by atoms with Crippen LogP contribution in [-0.4, -0.2) is 50.9 Å². The molecule has 30 heavy (non-hydrogen) atoms. The first-order valence-electron chi connectivity index (χ1n) is 10.1. The molecule has 0 aliphatic heterocycles. The van der Waals surface area contributed by atoms with Gasteiger partial charge in [0, 0.05) is 35.9 Å². The van der Waals surface area contributed by atoms with Crippen molar-refractivity contribution in [2.75, 3.05) is 25.9 Å². The summed E-state index contributed by atoms with van der Waals surface area (Å²) in [6.45, 7) is 3.92. The number of imidazole rings is 1. The summed E-state index contributed by atoms with van der Waals surface area (Å²) in [5.74, 6) is 2.76. The summed E-state index contributed by atoms with van der Waals surface area (Å²) in [6, 6.07) is 20.1. The molecule has 3 aromatic rings. The van der Waals surface area contributed by atoms with Gasteiger partial charge in [-0.15, -0.1) is 0 Å². The van der Waals surface area contributed by atoms with Gasteiger partial charge in [-0.25, -0.2) is 4.98 Å². The highest BCUT2D eigenvalue weighted by molar-refractivity contribution is 7.84. The van der Waals surface area contributed by atoms with Crippen LogP contribution in [0.3, 0.4) is 0 Å². The van der Waals surface area contributed by atoms with Gasteiger partial charge in [-0.05, 0) is 18.1 Å². The monoisotopic (exact) mass is 423 g/mol. The average molecular weight is 424 g/mol. The lowest BCUT2D eigenvalue weighted by molar-refractivity contribution is 0.464. The van der Waals surface area contributed by atoms with Crippen LogP contribution in [0, 0.1) is 0 Å². The van der Waals surface area contributed by atoms with Crippen LogP contribution < -0.4 is 5.32 Å². The van der Waals surface area contributed by atoms with Crippen LogP contribution in [0.4, 0.5) is 0 Å². The zero-order valence-corrected chi connectivity index (χ0v) is 18.4. The van der Waals surface area contributed by atoms with Crippen LogP contribution in [0.15, 0.2) is 71.9 Å². The van der Waals surface area contributed by atoms with E-state index in [0.29, 0.717) is 24.6 Å². The molecule has 0 spiro atoms. The van der Waals surface area contributed by atoms with Gasteiger partial charge in [0.2, 0.25) is 0 Å².